The second-order valence-electron chi connectivity index (χ2n) is 8.15. The first-order valence-electron chi connectivity index (χ1n) is 10.9. The van der Waals surface area contributed by atoms with Gasteiger partial charge in [0.25, 0.3) is 0 Å². The Balaban J connectivity index is 1.71. The van der Waals surface area contributed by atoms with Crippen LogP contribution in [0.3, 0.4) is 0 Å². The molecule has 1 saturated carbocycles. The molecule has 162 valence electrons. The molecule has 1 atom stereocenters. The van der Waals surface area contributed by atoms with E-state index in [-0.39, 0.29) is 24.3 Å². The monoisotopic (exact) mass is 435 g/mol. The van der Waals surface area contributed by atoms with Crippen molar-refractivity contribution in [2.75, 3.05) is 4.90 Å². The number of carbonyl (C=O) groups is 2. The van der Waals surface area contributed by atoms with Crippen molar-refractivity contribution in [3.63, 3.8) is 0 Å². The molecule has 0 bridgehead atoms. The second-order valence-corrected chi connectivity index (χ2v) is 9.18. The number of rotatable bonds is 7. The van der Waals surface area contributed by atoms with Crippen LogP contribution < -0.4 is 10.2 Å². The summed E-state index contributed by atoms with van der Waals surface area (Å²) < 4.78 is 1.93. The van der Waals surface area contributed by atoms with Crippen molar-refractivity contribution in [3.05, 3.63) is 76.7 Å². The van der Waals surface area contributed by atoms with Crippen LogP contribution in [0.15, 0.2) is 66.2 Å². The van der Waals surface area contributed by atoms with E-state index in [0.717, 1.165) is 41.9 Å². The van der Waals surface area contributed by atoms with E-state index < -0.39 is 6.04 Å². The first kappa shape index (κ1) is 21.4. The highest BCUT2D eigenvalue weighted by molar-refractivity contribution is 7.10. The zero-order valence-electron chi connectivity index (χ0n) is 17.9. The van der Waals surface area contributed by atoms with Crippen LogP contribution in [0, 0.1) is 0 Å². The third kappa shape index (κ3) is 5.07. The average molecular weight is 436 g/mol. The van der Waals surface area contributed by atoms with Crippen molar-refractivity contribution in [1.29, 1.82) is 0 Å². The smallest absolute Gasteiger partial charge is 0.249 e. The largest absolute Gasteiger partial charge is 0.352 e. The zero-order valence-corrected chi connectivity index (χ0v) is 18.7. The van der Waals surface area contributed by atoms with Gasteiger partial charge >= 0.3 is 0 Å². The lowest BCUT2D eigenvalue weighted by atomic mass is 9.95. The number of benzene rings is 1. The maximum absolute atomic E-state index is 13.7. The minimum atomic E-state index is -0.725. The molecule has 1 fully saturated rings. The van der Waals surface area contributed by atoms with Crippen LogP contribution in [-0.2, 0) is 23.1 Å². The van der Waals surface area contributed by atoms with Crippen molar-refractivity contribution in [2.45, 2.75) is 50.6 Å². The standard InChI is InChI=1S/C25H29N3O2S/c1-27-16-8-15-22(27)24(25(30)26-19-10-4-2-5-11-19)28(20-12-6-3-7-13-20)23(29)18-21-14-9-17-31-21/h3,6-9,12-17,19,24H,2,4-5,10-11,18H2,1H3,(H,26,30)/t24-/m0/s1. The first-order chi connectivity index (χ1) is 15.1. The van der Waals surface area contributed by atoms with Gasteiger partial charge < -0.3 is 9.88 Å². The number of nitrogens with zero attached hydrogens (tertiary/aromatic N) is 2. The minimum Gasteiger partial charge on any atom is -0.352 e. The van der Waals surface area contributed by atoms with Gasteiger partial charge in [-0.15, -0.1) is 11.3 Å². The number of hydrogen-bond acceptors (Lipinski definition) is 3. The molecule has 2 amide bonds. The average Bonchev–Trinajstić information content (AvgIpc) is 3.44. The van der Waals surface area contributed by atoms with E-state index >= 15 is 0 Å². The quantitative estimate of drug-likeness (QED) is 0.577. The van der Waals surface area contributed by atoms with Gasteiger partial charge in [-0.2, -0.15) is 0 Å². The molecule has 0 unspecified atom stereocenters. The summed E-state index contributed by atoms with van der Waals surface area (Å²) >= 11 is 1.56. The number of aromatic nitrogens is 1. The van der Waals surface area contributed by atoms with E-state index in [1.165, 1.54) is 6.42 Å². The van der Waals surface area contributed by atoms with E-state index in [2.05, 4.69) is 5.32 Å². The summed E-state index contributed by atoms with van der Waals surface area (Å²) in [4.78, 5) is 29.9. The van der Waals surface area contributed by atoms with Crippen molar-refractivity contribution in [2.24, 2.45) is 7.05 Å². The van der Waals surface area contributed by atoms with Gasteiger partial charge in [0.15, 0.2) is 6.04 Å². The molecule has 5 nitrogen and oxygen atoms in total. The molecule has 1 aliphatic carbocycles. The Labute approximate surface area is 187 Å². The Bertz CT molecular complexity index is 991. The molecular formula is C25H29N3O2S. The van der Waals surface area contributed by atoms with Gasteiger partial charge in [0.2, 0.25) is 11.8 Å². The summed E-state index contributed by atoms with van der Waals surface area (Å²) in [5.41, 5.74) is 1.53. The molecule has 1 aliphatic rings. The minimum absolute atomic E-state index is 0.0846. The third-order valence-corrected chi connectivity index (χ3v) is 6.81. The van der Waals surface area contributed by atoms with Crippen LogP contribution in [0.4, 0.5) is 5.69 Å². The van der Waals surface area contributed by atoms with Crippen LogP contribution >= 0.6 is 11.3 Å². The number of thiophene rings is 1. The molecule has 0 spiro atoms. The fraction of sp³-hybridized carbons (Fsp3) is 0.360. The number of para-hydroxylation sites is 1. The Morgan fingerprint density at radius 3 is 2.48 bits per heavy atom. The van der Waals surface area contributed by atoms with Gasteiger partial charge in [0.05, 0.1) is 12.1 Å². The molecular weight excluding hydrogens is 406 g/mol. The van der Waals surface area contributed by atoms with E-state index in [1.54, 1.807) is 16.2 Å². The summed E-state index contributed by atoms with van der Waals surface area (Å²) in [5, 5.41) is 5.23. The molecule has 4 rings (SSSR count). The van der Waals surface area contributed by atoms with Gasteiger partial charge in [-0.3, -0.25) is 14.5 Å². The normalized spacial score (nSPS) is 15.4. The predicted octanol–water partition coefficient (Wildman–Crippen LogP) is 4.85. The Morgan fingerprint density at radius 1 is 1.06 bits per heavy atom. The predicted molar refractivity (Wildman–Crippen MR) is 125 cm³/mol. The highest BCUT2D eigenvalue weighted by Gasteiger charge is 2.35. The Morgan fingerprint density at radius 2 is 1.84 bits per heavy atom. The van der Waals surface area contributed by atoms with Crippen LogP contribution in [0.5, 0.6) is 0 Å². The molecule has 1 aromatic carbocycles. The highest BCUT2D eigenvalue weighted by Crippen LogP contribution is 2.30. The maximum Gasteiger partial charge on any atom is 0.249 e. The van der Waals surface area contributed by atoms with E-state index in [4.69, 9.17) is 0 Å². The number of hydrogen-bond donors (Lipinski definition) is 1. The lowest BCUT2D eigenvalue weighted by molar-refractivity contribution is -0.127. The van der Waals surface area contributed by atoms with Crippen molar-refractivity contribution in [1.82, 2.24) is 9.88 Å². The lowest BCUT2D eigenvalue weighted by Crippen LogP contribution is -2.48. The Kier molecular flexibility index (Phi) is 6.87. The van der Waals surface area contributed by atoms with Gasteiger partial charge in [-0.25, -0.2) is 0 Å². The Hall–Kier alpha value is -2.86. The zero-order chi connectivity index (χ0) is 21.6. The lowest BCUT2D eigenvalue weighted by Gasteiger charge is -2.33. The number of aryl methyl sites for hydroxylation is 1. The maximum atomic E-state index is 13.7. The van der Waals surface area contributed by atoms with Gasteiger partial charge in [-0.05, 0) is 48.6 Å². The van der Waals surface area contributed by atoms with Crippen LogP contribution in [0.1, 0.15) is 48.7 Å². The fourth-order valence-electron chi connectivity index (χ4n) is 4.34. The summed E-state index contributed by atoms with van der Waals surface area (Å²) in [6.45, 7) is 0. The number of anilines is 1. The van der Waals surface area contributed by atoms with Crippen LogP contribution in [0.2, 0.25) is 0 Å². The summed E-state index contributed by atoms with van der Waals surface area (Å²) in [5.74, 6) is -0.198. The van der Waals surface area contributed by atoms with E-state index in [0.29, 0.717) is 0 Å². The topological polar surface area (TPSA) is 54.3 Å². The molecule has 2 aromatic heterocycles. The molecule has 0 aliphatic heterocycles. The summed E-state index contributed by atoms with van der Waals surface area (Å²) in [6.07, 6.45) is 7.69. The van der Waals surface area contributed by atoms with Gasteiger partial charge in [0, 0.05) is 29.9 Å². The SMILES string of the molecule is Cn1cccc1[C@@H](C(=O)NC1CCCCC1)N(C(=O)Cc1cccs1)c1ccccc1. The van der Waals surface area contributed by atoms with Crippen LogP contribution in [-0.4, -0.2) is 22.4 Å². The van der Waals surface area contributed by atoms with Crippen molar-refractivity contribution >= 4 is 28.8 Å². The summed E-state index contributed by atoms with van der Waals surface area (Å²) in [7, 11) is 1.92. The molecule has 3 aromatic rings. The second kappa shape index (κ2) is 9.96. The van der Waals surface area contributed by atoms with E-state index in [9.17, 15) is 9.59 Å². The molecule has 1 N–H and O–H groups in total. The highest BCUT2D eigenvalue weighted by atomic mass is 32.1. The molecule has 0 radical (unpaired) electrons. The number of amides is 2. The van der Waals surface area contributed by atoms with Crippen molar-refractivity contribution < 1.29 is 9.59 Å². The van der Waals surface area contributed by atoms with Crippen LogP contribution in [0.25, 0.3) is 0 Å². The van der Waals surface area contributed by atoms with Gasteiger partial charge in [0.1, 0.15) is 0 Å². The summed E-state index contributed by atoms with van der Waals surface area (Å²) in [6, 6.07) is 16.7. The fourth-order valence-corrected chi connectivity index (χ4v) is 5.04. The molecule has 6 heteroatoms. The number of carbonyl (C=O) groups excluding carboxylic acids is 2. The third-order valence-electron chi connectivity index (χ3n) is 5.93. The molecule has 0 saturated heterocycles. The first-order valence-corrected chi connectivity index (χ1v) is 11.8. The van der Waals surface area contributed by atoms with Gasteiger partial charge in [-0.1, -0.05) is 43.5 Å². The van der Waals surface area contributed by atoms with Crippen molar-refractivity contribution in [3.8, 4) is 0 Å². The van der Waals surface area contributed by atoms with E-state index in [1.807, 2.05) is 77.8 Å². The number of nitrogens with one attached hydrogen (secondary N) is 1. The molecule has 2 heterocycles. The molecule has 31 heavy (non-hydrogen) atoms.